The zero-order valence-corrected chi connectivity index (χ0v) is 16.0. The summed E-state index contributed by atoms with van der Waals surface area (Å²) < 4.78 is 0. The number of unbranched alkanes of at least 4 members (excludes halogenated alkanes) is 2. The predicted octanol–water partition coefficient (Wildman–Crippen LogP) is 5.52. The normalized spacial score (nSPS) is 21.0. The third-order valence-electron chi connectivity index (χ3n) is 5.81. The lowest BCUT2D eigenvalue weighted by atomic mass is 9.90. The molecule has 0 aliphatic heterocycles. The molecular formula is C21H36N2O2. The average molecular weight is 349 g/mol. The highest BCUT2D eigenvalue weighted by molar-refractivity contribution is 5.69. The van der Waals surface area contributed by atoms with E-state index in [1.54, 1.807) is 0 Å². The van der Waals surface area contributed by atoms with Crippen LogP contribution in [0.1, 0.15) is 103 Å². The first kappa shape index (κ1) is 20.2. The monoisotopic (exact) mass is 348 g/mol. The van der Waals surface area contributed by atoms with Crippen molar-refractivity contribution in [2.45, 2.75) is 115 Å². The molecule has 0 aromatic heterocycles. The largest absolute Gasteiger partial charge is 0.367 e. The van der Waals surface area contributed by atoms with Crippen molar-refractivity contribution in [3.05, 3.63) is 0 Å². The molecule has 2 aliphatic rings. The SMILES string of the molecule is CC(C#N)CCCCCC(=O)ON(C1CCCCC1)C1CCCCC1. The Morgan fingerprint density at radius 3 is 2.08 bits per heavy atom. The number of nitriles is 1. The molecule has 0 bridgehead atoms. The van der Waals surface area contributed by atoms with E-state index in [1.165, 1.54) is 64.2 Å². The minimum atomic E-state index is -0.0514. The third-order valence-corrected chi connectivity index (χ3v) is 5.81. The highest BCUT2D eigenvalue weighted by Crippen LogP contribution is 2.30. The molecule has 142 valence electrons. The van der Waals surface area contributed by atoms with Crippen LogP contribution in [-0.4, -0.2) is 23.1 Å². The lowest BCUT2D eigenvalue weighted by molar-refractivity contribution is -0.223. The summed E-state index contributed by atoms with van der Waals surface area (Å²) >= 11 is 0. The van der Waals surface area contributed by atoms with Gasteiger partial charge in [0.2, 0.25) is 0 Å². The van der Waals surface area contributed by atoms with Gasteiger partial charge in [0.15, 0.2) is 0 Å². The van der Waals surface area contributed by atoms with E-state index in [2.05, 4.69) is 11.1 Å². The molecule has 0 aromatic rings. The minimum absolute atomic E-state index is 0.0514. The van der Waals surface area contributed by atoms with E-state index in [-0.39, 0.29) is 11.9 Å². The van der Waals surface area contributed by atoms with Crippen LogP contribution in [0, 0.1) is 17.2 Å². The van der Waals surface area contributed by atoms with E-state index in [1.807, 2.05) is 6.92 Å². The molecular weight excluding hydrogens is 312 g/mol. The molecule has 2 fully saturated rings. The van der Waals surface area contributed by atoms with E-state index in [4.69, 9.17) is 10.1 Å². The van der Waals surface area contributed by atoms with Crippen LogP contribution in [0.3, 0.4) is 0 Å². The van der Waals surface area contributed by atoms with Gasteiger partial charge < -0.3 is 4.84 Å². The first-order chi connectivity index (χ1) is 12.2. The fourth-order valence-corrected chi connectivity index (χ4v) is 4.24. The molecule has 2 rings (SSSR count). The standard InChI is InChI=1S/C21H36N2O2/c1-18(17-22)11-5-2-10-16-21(24)25-23(19-12-6-3-7-13-19)20-14-8-4-9-15-20/h18-20H,2-16H2,1H3. The average Bonchev–Trinajstić information content (AvgIpc) is 2.67. The molecule has 1 unspecified atom stereocenters. The number of hydroxylamine groups is 2. The molecule has 0 N–H and O–H groups in total. The van der Waals surface area contributed by atoms with E-state index in [9.17, 15) is 4.79 Å². The summed E-state index contributed by atoms with van der Waals surface area (Å²) in [5, 5.41) is 10.9. The molecule has 0 heterocycles. The maximum absolute atomic E-state index is 12.4. The van der Waals surface area contributed by atoms with Crippen LogP contribution in [0.15, 0.2) is 0 Å². The van der Waals surface area contributed by atoms with Gasteiger partial charge in [-0.1, -0.05) is 51.4 Å². The molecule has 4 nitrogen and oxygen atoms in total. The van der Waals surface area contributed by atoms with E-state index in [0.717, 1.165) is 25.7 Å². The van der Waals surface area contributed by atoms with E-state index < -0.39 is 0 Å². The van der Waals surface area contributed by atoms with Gasteiger partial charge in [0.25, 0.3) is 0 Å². The van der Waals surface area contributed by atoms with Gasteiger partial charge in [0.05, 0.1) is 6.07 Å². The van der Waals surface area contributed by atoms with Gasteiger partial charge in [-0.3, -0.25) is 4.79 Å². The second-order valence-electron chi connectivity index (χ2n) is 8.04. The molecule has 0 aromatic carbocycles. The summed E-state index contributed by atoms with van der Waals surface area (Å²) in [6.45, 7) is 1.96. The van der Waals surface area contributed by atoms with Crippen LogP contribution in [0.25, 0.3) is 0 Å². The fraction of sp³-hybridized carbons (Fsp3) is 0.905. The Morgan fingerprint density at radius 1 is 1.00 bits per heavy atom. The molecule has 1 atom stereocenters. The molecule has 25 heavy (non-hydrogen) atoms. The first-order valence-corrected chi connectivity index (χ1v) is 10.6. The van der Waals surface area contributed by atoms with E-state index in [0.29, 0.717) is 18.5 Å². The van der Waals surface area contributed by atoms with E-state index >= 15 is 0 Å². The van der Waals surface area contributed by atoms with Gasteiger partial charge in [0.1, 0.15) is 0 Å². The molecule has 0 saturated heterocycles. The number of carbonyl (C=O) groups excluding carboxylic acids is 1. The Morgan fingerprint density at radius 2 is 1.56 bits per heavy atom. The van der Waals surface area contributed by atoms with Crippen molar-refractivity contribution < 1.29 is 9.63 Å². The van der Waals surface area contributed by atoms with Crippen LogP contribution >= 0.6 is 0 Å². The number of carbonyl (C=O) groups is 1. The van der Waals surface area contributed by atoms with Gasteiger partial charge in [0, 0.05) is 24.4 Å². The van der Waals surface area contributed by atoms with Crippen molar-refractivity contribution in [2.24, 2.45) is 5.92 Å². The quantitative estimate of drug-likeness (QED) is 0.406. The summed E-state index contributed by atoms with van der Waals surface area (Å²) in [5.74, 6) is 0.0736. The number of hydrogen-bond acceptors (Lipinski definition) is 4. The minimum Gasteiger partial charge on any atom is -0.367 e. The van der Waals surface area contributed by atoms with Crippen molar-refractivity contribution in [1.82, 2.24) is 5.06 Å². The second kappa shape index (κ2) is 11.5. The summed E-state index contributed by atoms with van der Waals surface area (Å²) in [5.41, 5.74) is 0. The van der Waals surface area contributed by atoms with Gasteiger partial charge in [-0.2, -0.15) is 5.26 Å². The first-order valence-electron chi connectivity index (χ1n) is 10.6. The number of nitrogens with zero attached hydrogens (tertiary/aromatic N) is 2. The smallest absolute Gasteiger partial charge is 0.325 e. The zero-order chi connectivity index (χ0) is 17.9. The van der Waals surface area contributed by atoms with Crippen molar-refractivity contribution in [2.75, 3.05) is 0 Å². The number of hydrogen-bond donors (Lipinski definition) is 0. The molecule has 2 saturated carbocycles. The van der Waals surface area contributed by atoms with Crippen molar-refractivity contribution in [1.29, 1.82) is 5.26 Å². The van der Waals surface area contributed by atoms with Crippen LogP contribution < -0.4 is 0 Å². The maximum Gasteiger partial charge on any atom is 0.325 e. The Labute approximate surface area is 153 Å². The summed E-state index contributed by atoms with van der Waals surface area (Å²) in [6, 6.07) is 3.15. The Bertz CT molecular complexity index is 402. The van der Waals surface area contributed by atoms with Crippen LogP contribution in [-0.2, 0) is 9.63 Å². The Hall–Kier alpha value is -1.08. The van der Waals surface area contributed by atoms with Crippen molar-refractivity contribution in [3.63, 3.8) is 0 Å². The maximum atomic E-state index is 12.4. The molecule has 0 spiro atoms. The zero-order valence-electron chi connectivity index (χ0n) is 16.0. The molecule has 4 heteroatoms. The van der Waals surface area contributed by atoms with Crippen molar-refractivity contribution >= 4 is 5.97 Å². The third kappa shape index (κ3) is 7.36. The molecule has 0 radical (unpaired) electrons. The Kier molecular flexibility index (Phi) is 9.32. The molecule has 0 amide bonds. The summed E-state index contributed by atoms with van der Waals surface area (Å²) in [4.78, 5) is 18.3. The van der Waals surface area contributed by atoms with Gasteiger partial charge in [-0.25, -0.2) is 0 Å². The lowest BCUT2D eigenvalue weighted by Gasteiger charge is -2.39. The fourth-order valence-electron chi connectivity index (χ4n) is 4.24. The molecule has 2 aliphatic carbocycles. The summed E-state index contributed by atoms with van der Waals surface area (Å²) in [7, 11) is 0. The second-order valence-corrected chi connectivity index (χ2v) is 8.04. The van der Waals surface area contributed by atoms with Gasteiger partial charge >= 0.3 is 5.97 Å². The highest BCUT2D eigenvalue weighted by Gasteiger charge is 2.31. The van der Waals surface area contributed by atoms with Crippen LogP contribution in [0.4, 0.5) is 0 Å². The Balaban J connectivity index is 1.75. The lowest BCUT2D eigenvalue weighted by Crippen LogP contribution is -2.46. The highest BCUT2D eigenvalue weighted by atomic mass is 16.7. The number of rotatable bonds is 9. The van der Waals surface area contributed by atoms with Crippen molar-refractivity contribution in [3.8, 4) is 6.07 Å². The van der Waals surface area contributed by atoms with Crippen LogP contribution in [0.2, 0.25) is 0 Å². The topological polar surface area (TPSA) is 53.3 Å². The summed E-state index contributed by atoms with van der Waals surface area (Å²) in [6.07, 6.45) is 16.8. The van der Waals surface area contributed by atoms with Gasteiger partial charge in [-0.05, 0) is 45.4 Å². The predicted molar refractivity (Wildman–Crippen MR) is 99.5 cm³/mol. The van der Waals surface area contributed by atoms with Crippen LogP contribution in [0.5, 0.6) is 0 Å². The van der Waals surface area contributed by atoms with Gasteiger partial charge in [-0.15, -0.1) is 5.06 Å².